The number of hydrogen-bond acceptors (Lipinski definition) is 0. The van der Waals surface area contributed by atoms with Gasteiger partial charge in [0.05, 0.1) is 0 Å². The van der Waals surface area contributed by atoms with Crippen LogP contribution in [0.25, 0.3) is 0 Å². The number of allylic oxidation sites excluding steroid dienone is 4. The van der Waals surface area contributed by atoms with Gasteiger partial charge in [0.2, 0.25) is 0 Å². The van der Waals surface area contributed by atoms with E-state index in [2.05, 4.69) is 24.3 Å². The Kier molecular flexibility index (Phi) is 1.81. The maximum Gasteiger partial charge on any atom is -0.0194 e. The number of hydrogen-bond donors (Lipinski definition) is 0. The van der Waals surface area contributed by atoms with E-state index in [1.165, 1.54) is 32.1 Å². The molecule has 0 radical (unpaired) electrons. The van der Waals surface area contributed by atoms with Gasteiger partial charge in [0.25, 0.3) is 0 Å². The Balaban J connectivity index is 1.87. The van der Waals surface area contributed by atoms with Crippen LogP contribution in [0, 0.1) is 23.7 Å². The molecule has 4 atom stereocenters. The second-order valence-electron chi connectivity index (χ2n) is 4.99. The van der Waals surface area contributed by atoms with Crippen molar-refractivity contribution in [2.75, 3.05) is 0 Å². The van der Waals surface area contributed by atoms with Crippen LogP contribution in [0.2, 0.25) is 0 Å². The Morgan fingerprint density at radius 1 is 0.923 bits per heavy atom. The minimum Gasteiger partial charge on any atom is -0.0882 e. The third-order valence-corrected chi connectivity index (χ3v) is 4.28. The minimum absolute atomic E-state index is 0.933. The molecule has 0 aromatic rings. The molecular formula is C13H18. The highest BCUT2D eigenvalue weighted by Crippen LogP contribution is 2.45. The highest BCUT2D eigenvalue weighted by atomic mass is 14.4. The highest BCUT2D eigenvalue weighted by Gasteiger charge is 2.35. The zero-order valence-corrected chi connectivity index (χ0v) is 8.15. The third kappa shape index (κ3) is 1.27. The van der Waals surface area contributed by atoms with Crippen molar-refractivity contribution in [2.24, 2.45) is 23.7 Å². The predicted molar refractivity (Wildman–Crippen MR) is 55.3 cm³/mol. The van der Waals surface area contributed by atoms with Crippen LogP contribution in [0.5, 0.6) is 0 Å². The van der Waals surface area contributed by atoms with Crippen LogP contribution in [0.1, 0.15) is 32.1 Å². The first kappa shape index (κ1) is 7.84. The lowest BCUT2D eigenvalue weighted by Crippen LogP contribution is -2.21. The summed E-state index contributed by atoms with van der Waals surface area (Å²) in [6.07, 6.45) is 16.9. The van der Waals surface area contributed by atoms with Gasteiger partial charge in [0, 0.05) is 0 Å². The molecule has 0 aromatic carbocycles. The van der Waals surface area contributed by atoms with Gasteiger partial charge in [-0.3, -0.25) is 0 Å². The Morgan fingerprint density at radius 3 is 2.85 bits per heavy atom. The molecule has 3 rings (SSSR count). The molecule has 3 aliphatic rings. The van der Waals surface area contributed by atoms with Gasteiger partial charge in [-0.05, 0) is 55.8 Å². The Labute approximate surface area is 80.7 Å². The Morgan fingerprint density at radius 2 is 1.85 bits per heavy atom. The van der Waals surface area contributed by atoms with Gasteiger partial charge < -0.3 is 0 Å². The summed E-state index contributed by atoms with van der Waals surface area (Å²) in [4.78, 5) is 0. The summed E-state index contributed by atoms with van der Waals surface area (Å²) in [5.74, 6) is 3.89. The van der Waals surface area contributed by atoms with Crippen molar-refractivity contribution in [3.05, 3.63) is 24.3 Å². The van der Waals surface area contributed by atoms with Gasteiger partial charge in [-0.25, -0.2) is 0 Å². The molecule has 1 saturated carbocycles. The lowest BCUT2D eigenvalue weighted by atomic mass is 9.75. The van der Waals surface area contributed by atoms with Crippen molar-refractivity contribution in [3.8, 4) is 0 Å². The van der Waals surface area contributed by atoms with Crippen LogP contribution in [-0.4, -0.2) is 0 Å². The molecule has 4 unspecified atom stereocenters. The van der Waals surface area contributed by atoms with E-state index in [9.17, 15) is 0 Å². The standard InChI is InChI=1S/C13H18/c1-2-4-13-11(3-1)7-5-10-6-8-12(13)9-10/h1-2,6,8,10-13H,3-5,7,9H2. The first-order valence-electron chi connectivity index (χ1n) is 5.77. The molecule has 13 heavy (non-hydrogen) atoms. The summed E-state index contributed by atoms with van der Waals surface area (Å²) < 4.78 is 0. The van der Waals surface area contributed by atoms with Crippen molar-refractivity contribution in [3.63, 3.8) is 0 Å². The summed E-state index contributed by atoms with van der Waals surface area (Å²) in [5, 5.41) is 0. The van der Waals surface area contributed by atoms with Gasteiger partial charge in [-0.1, -0.05) is 24.3 Å². The SMILES string of the molecule is C1=CCC2C3C=CC(CCC2C1)C3. The largest absolute Gasteiger partial charge is 0.0882 e. The van der Waals surface area contributed by atoms with Crippen LogP contribution < -0.4 is 0 Å². The van der Waals surface area contributed by atoms with Crippen molar-refractivity contribution in [1.82, 2.24) is 0 Å². The molecule has 0 nitrogen and oxygen atoms in total. The third-order valence-electron chi connectivity index (χ3n) is 4.28. The summed E-state index contributed by atoms with van der Waals surface area (Å²) in [7, 11) is 0. The molecular weight excluding hydrogens is 156 g/mol. The first-order valence-corrected chi connectivity index (χ1v) is 5.77. The lowest BCUT2D eigenvalue weighted by Gasteiger charge is -2.30. The number of fused-ring (bicyclic) bond motifs is 4. The maximum absolute atomic E-state index is 2.51. The van der Waals surface area contributed by atoms with E-state index in [4.69, 9.17) is 0 Å². The van der Waals surface area contributed by atoms with Gasteiger partial charge in [-0.2, -0.15) is 0 Å². The zero-order chi connectivity index (χ0) is 8.67. The monoisotopic (exact) mass is 174 g/mol. The Hall–Kier alpha value is -0.520. The molecule has 0 aliphatic heterocycles. The first-order chi connectivity index (χ1) is 6.43. The van der Waals surface area contributed by atoms with Crippen LogP contribution in [0.4, 0.5) is 0 Å². The van der Waals surface area contributed by atoms with E-state index in [1.807, 2.05) is 0 Å². The smallest absolute Gasteiger partial charge is 0.0194 e. The van der Waals surface area contributed by atoms with Crippen molar-refractivity contribution in [1.29, 1.82) is 0 Å². The van der Waals surface area contributed by atoms with Crippen molar-refractivity contribution in [2.45, 2.75) is 32.1 Å². The molecule has 2 bridgehead atoms. The fourth-order valence-corrected chi connectivity index (χ4v) is 3.51. The van der Waals surface area contributed by atoms with E-state index in [-0.39, 0.29) is 0 Å². The zero-order valence-electron chi connectivity index (χ0n) is 8.15. The average Bonchev–Trinajstić information content (AvgIpc) is 2.54. The number of rotatable bonds is 0. The van der Waals surface area contributed by atoms with E-state index in [0.717, 1.165) is 23.7 Å². The van der Waals surface area contributed by atoms with E-state index < -0.39 is 0 Å². The van der Waals surface area contributed by atoms with Crippen LogP contribution >= 0.6 is 0 Å². The average molecular weight is 174 g/mol. The molecule has 0 heteroatoms. The van der Waals surface area contributed by atoms with Gasteiger partial charge >= 0.3 is 0 Å². The highest BCUT2D eigenvalue weighted by molar-refractivity contribution is 5.10. The molecule has 0 heterocycles. The second-order valence-corrected chi connectivity index (χ2v) is 4.99. The summed E-state index contributed by atoms with van der Waals surface area (Å²) in [6.45, 7) is 0. The molecule has 0 N–H and O–H groups in total. The normalized spacial score (nSPS) is 47.4. The molecule has 0 amide bonds. The van der Waals surface area contributed by atoms with Crippen LogP contribution in [0.15, 0.2) is 24.3 Å². The fraction of sp³-hybridized carbons (Fsp3) is 0.692. The molecule has 0 aromatic heterocycles. The van der Waals surface area contributed by atoms with E-state index >= 15 is 0 Å². The van der Waals surface area contributed by atoms with E-state index in [0.29, 0.717) is 0 Å². The van der Waals surface area contributed by atoms with Crippen LogP contribution in [-0.2, 0) is 0 Å². The summed E-state index contributed by atoms with van der Waals surface area (Å²) in [6, 6.07) is 0. The molecule has 0 spiro atoms. The van der Waals surface area contributed by atoms with E-state index in [1.54, 1.807) is 0 Å². The molecule has 70 valence electrons. The molecule has 3 aliphatic carbocycles. The van der Waals surface area contributed by atoms with Crippen molar-refractivity contribution >= 4 is 0 Å². The van der Waals surface area contributed by atoms with Gasteiger partial charge in [0.15, 0.2) is 0 Å². The second kappa shape index (κ2) is 3.01. The van der Waals surface area contributed by atoms with Gasteiger partial charge in [-0.15, -0.1) is 0 Å². The summed E-state index contributed by atoms with van der Waals surface area (Å²) >= 11 is 0. The Bertz CT molecular complexity index is 249. The summed E-state index contributed by atoms with van der Waals surface area (Å²) in [5.41, 5.74) is 0. The minimum atomic E-state index is 0.933. The fourth-order valence-electron chi connectivity index (χ4n) is 3.51. The van der Waals surface area contributed by atoms with Crippen molar-refractivity contribution < 1.29 is 0 Å². The lowest BCUT2D eigenvalue weighted by molar-refractivity contribution is 0.258. The van der Waals surface area contributed by atoms with Crippen LogP contribution in [0.3, 0.4) is 0 Å². The predicted octanol–water partition coefficient (Wildman–Crippen LogP) is 3.55. The maximum atomic E-state index is 2.51. The topological polar surface area (TPSA) is 0 Å². The quantitative estimate of drug-likeness (QED) is 0.493. The molecule has 1 fully saturated rings. The van der Waals surface area contributed by atoms with Gasteiger partial charge in [0.1, 0.15) is 0 Å². The molecule has 0 saturated heterocycles.